The SMILES string of the molecule is OCCN1CCN(c2ccccc2C(F)(F)F)CC1. The molecule has 0 amide bonds. The Labute approximate surface area is 110 Å². The van der Waals surface area contributed by atoms with Crippen LogP contribution in [0.3, 0.4) is 0 Å². The highest BCUT2D eigenvalue weighted by Gasteiger charge is 2.35. The van der Waals surface area contributed by atoms with Gasteiger partial charge < -0.3 is 10.0 Å². The van der Waals surface area contributed by atoms with Crippen molar-refractivity contribution in [2.45, 2.75) is 6.18 Å². The van der Waals surface area contributed by atoms with Gasteiger partial charge in [-0.15, -0.1) is 0 Å². The number of nitrogens with zero attached hydrogens (tertiary/aromatic N) is 2. The van der Waals surface area contributed by atoms with Gasteiger partial charge in [0, 0.05) is 38.4 Å². The molecule has 0 saturated carbocycles. The monoisotopic (exact) mass is 274 g/mol. The van der Waals surface area contributed by atoms with Crippen molar-refractivity contribution < 1.29 is 18.3 Å². The number of hydrogen-bond acceptors (Lipinski definition) is 3. The molecule has 0 atom stereocenters. The van der Waals surface area contributed by atoms with Crippen molar-refractivity contribution in [1.82, 2.24) is 4.90 Å². The number of rotatable bonds is 3. The van der Waals surface area contributed by atoms with E-state index in [4.69, 9.17) is 5.11 Å². The second-order valence-corrected chi connectivity index (χ2v) is 4.57. The normalized spacial score (nSPS) is 17.8. The summed E-state index contributed by atoms with van der Waals surface area (Å²) < 4.78 is 38.8. The molecule has 1 aromatic rings. The Kier molecular flexibility index (Phi) is 4.31. The minimum Gasteiger partial charge on any atom is -0.395 e. The van der Waals surface area contributed by atoms with Crippen LogP contribution in [0.4, 0.5) is 18.9 Å². The number of aliphatic hydroxyl groups excluding tert-OH is 1. The van der Waals surface area contributed by atoms with Gasteiger partial charge in [0.25, 0.3) is 0 Å². The molecule has 2 rings (SSSR count). The first kappa shape index (κ1) is 14.1. The van der Waals surface area contributed by atoms with E-state index in [2.05, 4.69) is 0 Å². The minimum absolute atomic E-state index is 0.0825. The predicted molar refractivity (Wildman–Crippen MR) is 67.2 cm³/mol. The number of piperazine rings is 1. The molecule has 0 bridgehead atoms. The third kappa shape index (κ3) is 3.39. The van der Waals surface area contributed by atoms with Crippen molar-refractivity contribution in [2.75, 3.05) is 44.2 Å². The maximum absolute atomic E-state index is 12.9. The van der Waals surface area contributed by atoms with Gasteiger partial charge in [-0.1, -0.05) is 12.1 Å². The smallest absolute Gasteiger partial charge is 0.395 e. The highest BCUT2D eigenvalue weighted by Crippen LogP contribution is 2.36. The summed E-state index contributed by atoms with van der Waals surface area (Å²) in [6.45, 7) is 3.10. The Morgan fingerprint density at radius 3 is 2.26 bits per heavy atom. The first-order valence-electron chi connectivity index (χ1n) is 6.27. The highest BCUT2D eigenvalue weighted by atomic mass is 19.4. The molecule has 1 aliphatic heterocycles. The summed E-state index contributed by atoms with van der Waals surface area (Å²) in [5.74, 6) is 0. The van der Waals surface area contributed by atoms with Gasteiger partial charge in [-0.05, 0) is 12.1 Å². The lowest BCUT2D eigenvalue weighted by Gasteiger charge is -2.36. The lowest BCUT2D eigenvalue weighted by Crippen LogP contribution is -2.47. The maximum atomic E-state index is 12.9. The first-order valence-corrected chi connectivity index (χ1v) is 6.27. The summed E-state index contributed by atoms with van der Waals surface area (Å²) in [5, 5.41) is 8.85. The quantitative estimate of drug-likeness (QED) is 0.911. The zero-order valence-electron chi connectivity index (χ0n) is 10.5. The van der Waals surface area contributed by atoms with Crippen LogP contribution in [0.1, 0.15) is 5.56 Å². The summed E-state index contributed by atoms with van der Waals surface area (Å²) in [5.41, 5.74) is -0.329. The molecule has 6 heteroatoms. The fourth-order valence-electron chi connectivity index (χ4n) is 2.34. The van der Waals surface area contributed by atoms with E-state index in [0.717, 1.165) is 6.07 Å². The Hall–Kier alpha value is -1.27. The van der Waals surface area contributed by atoms with E-state index in [1.807, 2.05) is 4.90 Å². The highest BCUT2D eigenvalue weighted by molar-refractivity contribution is 5.55. The Morgan fingerprint density at radius 1 is 1.05 bits per heavy atom. The summed E-state index contributed by atoms with van der Waals surface area (Å²) >= 11 is 0. The van der Waals surface area contributed by atoms with E-state index >= 15 is 0 Å². The molecule has 1 saturated heterocycles. The molecule has 3 nitrogen and oxygen atoms in total. The van der Waals surface area contributed by atoms with Crippen molar-refractivity contribution >= 4 is 5.69 Å². The van der Waals surface area contributed by atoms with E-state index in [-0.39, 0.29) is 12.3 Å². The second-order valence-electron chi connectivity index (χ2n) is 4.57. The molecule has 106 valence electrons. The molecular weight excluding hydrogens is 257 g/mol. The number of alkyl halides is 3. The number of aliphatic hydroxyl groups is 1. The third-order valence-corrected chi connectivity index (χ3v) is 3.34. The van der Waals surface area contributed by atoms with Crippen LogP contribution in [0.5, 0.6) is 0 Å². The lowest BCUT2D eigenvalue weighted by atomic mass is 10.1. The Balaban J connectivity index is 2.12. The first-order chi connectivity index (χ1) is 9.02. The summed E-state index contributed by atoms with van der Waals surface area (Å²) in [6.07, 6.45) is -4.32. The maximum Gasteiger partial charge on any atom is 0.418 e. The minimum atomic E-state index is -4.32. The summed E-state index contributed by atoms with van der Waals surface area (Å²) in [7, 11) is 0. The Morgan fingerprint density at radius 2 is 1.68 bits per heavy atom. The largest absolute Gasteiger partial charge is 0.418 e. The van der Waals surface area contributed by atoms with Crippen LogP contribution in [0.25, 0.3) is 0 Å². The van der Waals surface area contributed by atoms with E-state index in [0.29, 0.717) is 32.7 Å². The molecule has 0 aromatic heterocycles. The third-order valence-electron chi connectivity index (χ3n) is 3.34. The van der Waals surface area contributed by atoms with Crippen molar-refractivity contribution in [3.05, 3.63) is 29.8 Å². The van der Waals surface area contributed by atoms with Gasteiger partial charge in [0.1, 0.15) is 0 Å². The van der Waals surface area contributed by atoms with Crippen LogP contribution in [0.15, 0.2) is 24.3 Å². The molecule has 0 radical (unpaired) electrons. The van der Waals surface area contributed by atoms with Gasteiger partial charge in [-0.3, -0.25) is 4.90 Å². The standard InChI is InChI=1S/C13H17F3N2O/c14-13(15,16)11-3-1-2-4-12(11)18-7-5-17(6-8-18)9-10-19/h1-4,19H,5-10H2. The van der Waals surface area contributed by atoms with E-state index in [9.17, 15) is 13.2 Å². The van der Waals surface area contributed by atoms with Gasteiger partial charge in [0.2, 0.25) is 0 Å². The van der Waals surface area contributed by atoms with Crippen LogP contribution in [0, 0.1) is 0 Å². The number of anilines is 1. The average Bonchev–Trinajstić information content (AvgIpc) is 2.39. The molecular formula is C13H17F3N2O. The fourth-order valence-corrected chi connectivity index (χ4v) is 2.34. The zero-order valence-corrected chi connectivity index (χ0v) is 10.5. The van der Waals surface area contributed by atoms with Crippen LogP contribution in [-0.4, -0.2) is 49.3 Å². The van der Waals surface area contributed by atoms with Crippen LogP contribution >= 0.6 is 0 Å². The molecule has 1 aromatic carbocycles. The molecule has 0 aliphatic carbocycles. The number of β-amino-alcohol motifs (C(OH)–C–C–N with tert-alkyl or cyclic N) is 1. The van der Waals surface area contributed by atoms with Crippen LogP contribution < -0.4 is 4.90 Å². The second kappa shape index (κ2) is 5.79. The van der Waals surface area contributed by atoms with Crippen LogP contribution in [-0.2, 0) is 6.18 Å². The van der Waals surface area contributed by atoms with Crippen LogP contribution in [0.2, 0.25) is 0 Å². The molecule has 1 aliphatic rings. The van der Waals surface area contributed by atoms with Crippen molar-refractivity contribution in [2.24, 2.45) is 0 Å². The Bertz CT molecular complexity index is 415. The van der Waals surface area contributed by atoms with Crippen molar-refractivity contribution in [3.8, 4) is 0 Å². The van der Waals surface area contributed by atoms with Gasteiger partial charge in [-0.25, -0.2) is 0 Å². The van der Waals surface area contributed by atoms with Crippen molar-refractivity contribution in [3.63, 3.8) is 0 Å². The van der Waals surface area contributed by atoms with Gasteiger partial charge in [0.15, 0.2) is 0 Å². The van der Waals surface area contributed by atoms with E-state index < -0.39 is 11.7 Å². The number of para-hydroxylation sites is 1. The predicted octanol–water partition coefficient (Wildman–Crippen LogP) is 1.82. The molecule has 1 fully saturated rings. The molecule has 19 heavy (non-hydrogen) atoms. The average molecular weight is 274 g/mol. The number of hydrogen-bond donors (Lipinski definition) is 1. The topological polar surface area (TPSA) is 26.7 Å². The van der Waals surface area contributed by atoms with Gasteiger partial charge in [0.05, 0.1) is 12.2 Å². The molecule has 1 N–H and O–H groups in total. The zero-order chi connectivity index (χ0) is 13.9. The molecule has 0 spiro atoms. The van der Waals surface area contributed by atoms with E-state index in [1.54, 1.807) is 11.0 Å². The summed E-state index contributed by atoms with van der Waals surface area (Å²) in [4.78, 5) is 3.81. The van der Waals surface area contributed by atoms with E-state index in [1.165, 1.54) is 12.1 Å². The summed E-state index contributed by atoms with van der Waals surface area (Å²) in [6, 6.07) is 5.68. The van der Waals surface area contributed by atoms with Gasteiger partial charge >= 0.3 is 6.18 Å². The molecule has 1 heterocycles. The number of benzene rings is 1. The van der Waals surface area contributed by atoms with Crippen molar-refractivity contribution in [1.29, 1.82) is 0 Å². The fraction of sp³-hybridized carbons (Fsp3) is 0.538. The lowest BCUT2D eigenvalue weighted by molar-refractivity contribution is -0.137. The molecule has 0 unspecified atom stereocenters. The van der Waals surface area contributed by atoms with Gasteiger partial charge in [-0.2, -0.15) is 13.2 Å². The number of halogens is 3.